The molecule has 1 aliphatic heterocycles. The molecule has 0 spiro atoms. The van der Waals surface area contributed by atoms with Crippen LogP contribution in [0, 0.1) is 6.92 Å². The molecular formula is C15H18N4O2S. The monoisotopic (exact) mass is 318 g/mol. The van der Waals surface area contributed by atoms with Gasteiger partial charge in [-0.05, 0) is 25.5 Å². The SMILES string of the molecule is Cc1cc(CSc2ncccc2C(=O)N2CC[C@@H](N)C2)no1. The molecule has 0 bridgehead atoms. The van der Waals surface area contributed by atoms with E-state index in [0.717, 1.165) is 17.9 Å². The van der Waals surface area contributed by atoms with E-state index in [-0.39, 0.29) is 11.9 Å². The molecule has 1 atom stereocenters. The smallest absolute Gasteiger partial charge is 0.256 e. The van der Waals surface area contributed by atoms with Gasteiger partial charge in [-0.15, -0.1) is 0 Å². The highest BCUT2D eigenvalue weighted by Crippen LogP contribution is 2.25. The van der Waals surface area contributed by atoms with Gasteiger partial charge in [-0.25, -0.2) is 4.98 Å². The summed E-state index contributed by atoms with van der Waals surface area (Å²) in [5.74, 6) is 1.40. The minimum atomic E-state index is -0.000108. The van der Waals surface area contributed by atoms with Gasteiger partial charge in [0.15, 0.2) is 0 Å². The highest BCUT2D eigenvalue weighted by atomic mass is 32.2. The Kier molecular flexibility index (Phi) is 4.44. The van der Waals surface area contributed by atoms with Crippen LogP contribution in [0.2, 0.25) is 0 Å². The molecule has 6 nitrogen and oxygen atoms in total. The number of carbonyl (C=O) groups is 1. The van der Waals surface area contributed by atoms with Crippen LogP contribution < -0.4 is 5.73 Å². The summed E-state index contributed by atoms with van der Waals surface area (Å²) < 4.78 is 5.05. The summed E-state index contributed by atoms with van der Waals surface area (Å²) in [6.45, 7) is 3.18. The Morgan fingerprint density at radius 1 is 1.59 bits per heavy atom. The van der Waals surface area contributed by atoms with Crippen molar-refractivity contribution in [1.29, 1.82) is 0 Å². The van der Waals surface area contributed by atoms with Gasteiger partial charge in [0.25, 0.3) is 5.91 Å². The highest BCUT2D eigenvalue weighted by molar-refractivity contribution is 7.98. The maximum Gasteiger partial charge on any atom is 0.256 e. The third kappa shape index (κ3) is 3.31. The van der Waals surface area contributed by atoms with E-state index in [2.05, 4.69) is 10.1 Å². The number of pyridine rings is 1. The predicted molar refractivity (Wildman–Crippen MR) is 83.5 cm³/mol. The second-order valence-electron chi connectivity index (χ2n) is 5.37. The molecule has 2 aromatic rings. The average molecular weight is 318 g/mol. The van der Waals surface area contributed by atoms with Gasteiger partial charge >= 0.3 is 0 Å². The van der Waals surface area contributed by atoms with Crippen molar-refractivity contribution in [3.05, 3.63) is 41.4 Å². The van der Waals surface area contributed by atoms with Gasteiger partial charge < -0.3 is 15.2 Å². The summed E-state index contributed by atoms with van der Waals surface area (Å²) in [4.78, 5) is 18.7. The molecule has 2 N–H and O–H groups in total. The zero-order chi connectivity index (χ0) is 15.5. The van der Waals surface area contributed by atoms with Crippen LogP contribution in [0.25, 0.3) is 0 Å². The summed E-state index contributed by atoms with van der Waals surface area (Å²) in [5, 5.41) is 4.67. The van der Waals surface area contributed by atoms with Crippen molar-refractivity contribution >= 4 is 17.7 Å². The van der Waals surface area contributed by atoms with Gasteiger partial charge in [-0.3, -0.25) is 4.79 Å². The van der Waals surface area contributed by atoms with Gasteiger partial charge in [0, 0.05) is 37.1 Å². The number of hydrogen-bond acceptors (Lipinski definition) is 6. The van der Waals surface area contributed by atoms with Gasteiger partial charge in [0.1, 0.15) is 10.8 Å². The second-order valence-corrected chi connectivity index (χ2v) is 6.34. The first-order chi connectivity index (χ1) is 10.6. The first-order valence-corrected chi connectivity index (χ1v) is 8.17. The minimum Gasteiger partial charge on any atom is -0.361 e. The second kappa shape index (κ2) is 6.50. The van der Waals surface area contributed by atoms with Gasteiger partial charge in [0.05, 0.1) is 11.3 Å². The summed E-state index contributed by atoms with van der Waals surface area (Å²) in [6, 6.07) is 5.56. The number of carbonyl (C=O) groups excluding carboxylic acids is 1. The zero-order valence-electron chi connectivity index (χ0n) is 12.4. The topological polar surface area (TPSA) is 85.2 Å². The summed E-state index contributed by atoms with van der Waals surface area (Å²) in [5.41, 5.74) is 7.35. The summed E-state index contributed by atoms with van der Waals surface area (Å²) in [7, 11) is 0. The molecule has 116 valence electrons. The molecule has 1 amide bonds. The highest BCUT2D eigenvalue weighted by Gasteiger charge is 2.26. The number of rotatable bonds is 4. The number of hydrogen-bond donors (Lipinski definition) is 1. The van der Waals surface area contributed by atoms with E-state index in [1.165, 1.54) is 11.8 Å². The molecule has 22 heavy (non-hydrogen) atoms. The van der Waals surface area contributed by atoms with E-state index in [9.17, 15) is 4.79 Å². The number of nitrogens with two attached hydrogens (primary N) is 1. The van der Waals surface area contributed by atoms with Gasteiger partial charge in [0.2, 0.25) is 0 Å². The normalized spacial score (nSPS) is 17.9. The van der Waals surface area contributed by atoms with Crippen LogP contribution in [0.5, 0.6) is 0 Å². The molecule has 0 radical (unpaired) electrons. The molecule has 0 saturated carbocycles. The van der Waals surface area contributed by atoms with Crippen molar-refractivity contribution in [2.75, 3.05) is 13.1 Å². The van der Waals surface area contributed by atoms with Crippen molar-refractivity contribution in [3.63, 3.8) is 0 Å². The molecule has 2 aromatic heterocycles. The molecule has 1 aliphatic rings. The molecule has 0 aliphatic carbocycles. The minimum absolute atomic E-state index is 0.000108. The maximum atomic E-state index is 12.6. The number of nitrogens with zero attached hydrogens (tertiary/aromatic N) is 3. The molecule has 1 fully saturated rings. The van der Waals surface area contributed by atoms with E-state index >= 15 is 0 Å². The first-order valence-electron chi connectivity index (χ1n) is 7.18. The van der Waals surface area contributed by atoms with Crippen LogP contribution >= 0.6 is 11.8 Å². The predicted octanol–water partition coefficient (Wildman–Crippen LogP) is 1.84. The fourth-order valence-electron chi connectivity index (χ4n) is 2.44. The van der Waals surface area contributed by atoms with Crippen molar-refractivity contribution in [3.8, 4) is 0 Å². The third-order valence-electron chi connectivity index (χ3n) is 3.55. The number of aryl methyl sites for hydroxylation is 1. The van der Waals surface area contributed by atoms with Crippen LogP contribution in [0.1, 0.15) is 28.2 Å². The van der Waals surface area contributed by atoms with Crippen molar-refractivity contribution in [2.24, 2.45) is 5.73 Å². The number of likely N-dealkylation sites (tertiary alicyclic amines) is 1. The third-order valence-corrected chi connectivity index (χ3v) is 4.59. The lowest BCUT2D eigenvalue weighted by Crippen LogP contribution is -2.32. The fraction of sp³-hybridized carbons (Fsp3) is 0.400. The van der Waals surface area contributed by atoms with Crippen molar-refractivity contribution in [2.45, 2.75) is 30.2 Å². The Labute approximate surface area is 133 Å². The molecule has 7 heteroatoms. The lowest BCUT2D eigenvalue weighted by atomic mass is 10.2. The molecule has 1 saturated heterocycles. The standard InChI is InChI=1S/C15H18N4O2S/c1-10-7-12(18-21-10)9-22-14-13(3-2-5-17-14)15(20)19-6-4-11(16)8-19/h2-3,5,7,11H,4,6,8-9,16H2,1H3/t11-/m1/s1. The van der Waals surface area contributed by atoms with E-state index in [1.807, 2.05) is 19.1 Å². The van der Waals surface area contributed by atoms with Crippen LogP contribution in [-0.2, 0) is 5.75 Å². The Balaban J connectivity index is 1.73. The lowest BCUT2D eigenvalue weighted by molar-refractivity contribution is 0.0786. The average Bonchev–Trinajstić information content (AvgIpc) is 3.13. The maximum absolute atomic E-state index is 12.6. The lowest BCUT2D eigenvalue weighted by Gasteiger charge is -2.17. The summed E-state index contributed by atoms with van der Waals surface area (Å²) >= 11 is 1.49. The first kappa shape index (κ1) is 15.1. The molecule has 0 aromatic carbocycles. The fourth-order valence-corrected chi connectivity index (χ4v) is 3.31. The Morgan fingerprint density at radius 2 is 2.45 bits per heavy atom. The molecule has 3 heterocycles. The van der Waals surface area contributed by atoms with Crippen LogP contribution in [0.15, 0.2) is 33.9 Å². The van der Waals surface area contributed by atoms with E-state index in [4.69, 9.17) is 10.3 Å². The van der Waals surface area contributed by atoms with Crippen LogP contribution in [0.3, 0.4) is 0 Å². The Hall–Kier alpha value is -1.86. The quantitative estimate of drug-likeness (QED) is 0.866. The number of thioether (sulfide) groups is 1. The molecular weight excluding hydrogens is 300 g/mol. The Bertz CT molecular complexity index is 673. The van der Waals surface area contributed by atoms with E-state index in [1.54, 1.807) is 17.2 Å². The summed E-state index contributed by atoms with van der Waals surface area (Å²) in [6.07, 6.45) is 2.55. The van der Waals surface area contributed by atoms with Crippen LogP contribution in [-0.4, -0.2) is 40.1 Å². The van der Waals surface area contributed by atoms with Gasteiger partial charge in [-0.1, -0.05) is 16.9 Å². The number of amides is 1. The number of aromatic nitrogens is 2. The molecule has 0 unspecified atom stereocenters. The van der Waals surface area contributed by atoms with Crippen molar-refractivity contribution in [1.82, 2.24) is 15.0 Å². The largest absolute Gasteiger partial charge is 0.361 e. The Morgan fingerprint density at radius 3 is 3.14 bits per heavy atom. The van der Waals surface area contributed by atoms with Crippen LogP contribution in [0.4, 0.5) is 0 Å². The zero-order valence-corrected chi connectivity index (χ0v) is 13.2. The van der Waals surface area contributed by atoms with E-state index < -0.39 is 0 Å². The van der Waals surface area contributed by atoms with Crippen molar-refractivity contribution < 1.29 is 9.32 Å². The molecule has 3 rings (SSSR count). The van der Waals surface area contributed by atoms with Gasteiger partial charge in [-0.2, -0.15) is 0 Å². The van der Waals surface area contributed by atoms with E-state index in [0.29, 0.717) is 29.4 Å².